The zero-order chi connectivity index (χ0) is 15.2. The summed E-state index contributed by atoms with van der Waals surface area (Å²) in [5.74, 6) is -0.802. The number of nitrogens with zero attached hydrogens (tertiary/aromatic N) is 1. The quantitative estimate of drug-likeness (QED) is 0.393. The molecule has 0 saturated heterocycles. The number of nitrogens with two attached hydrogens (primary N) is 1. The van der Waals surface area contributed by atoms with Crippen LogP contribution < -0.4 is 10.5 Å². The van der Waals surface area contributed by atoms with Gasteiger partial charge in [0.2, 0.25) is 5.75 Å². The molecule has 0 amide bonds. The van der Waals surface area contributed by atoms with Crippen molar-refractivity contribution in [3.63, 3.8) is 0 Å². The monoisotopic (exact) mass is 286 g/mol. The van der Waals surface area contributed by atoms with Gasteiger partial charge in [-0.05, 0) is 18.1 Å². The standard InChI is InChI=1S/C15H14N2O4/c16-12(10-11-6-2-1-3-7-11)15(18)21-14-9-5-4-8-13(14)17(19)20/h1-9,12H,10,16H2. The molecule has 0 bridgehead atoms. The molecule has 6 nitrogen and oxygen atoms in total. The van der Waals surface area contributed by atoms with Crippen LogP contribution in [0.3, 0.4) is 0 Å². The summed E-state index contributed by atoms with van der Waals surface area (Å²) in [6.45, 7) is 0. The van der Waals surface area contributed by atoms with Gasteiger partial charge in [-0.15, -0.1) is 0 Å². The molecule has 0 fully saturated rings. The number of para-hydroxylation sites is 2. The summed E-state index contributed by atoms with van der Waals surface area (Å²) in [7, 11) is 0. The van der Waals surface area contributed by atoms with Gasteiger partial charge in [0.25, 0.3) is 0 Å². The van der Waals surface area contributed by atoms with E-state index >= 15 is 0 Å². The summed E-state index contributed by atoms with van der Waals surface area (Å²) in [5, 5.41) is 10.8. The maximum Gasteiger partial charge on any atom is 0.328 e. The van der Waals surface area contributed by atoms with Crippen molar-refractivity contribution in [1.29, 1.82) is 0 Å². The Hall–Kier alpha value is -2.73. The van der Waals surface area contributed by atoms with E-state index in [-0.39, 0.29) is 11.4 Å². The van der Waals surface area contributed by atoms with Crippen LogP contribution in [0.2, 0.25) is 0 Å². The molecule has 108 valence electrons. The average Bonchev–Trinajstić information content (AvgIpc) is 2.48. The minimum absolute atomic E-state index is 0.101. The van der Waals surface area contributed by atoms with Crippen LogP contribution >= 0.6 is 0 Å². The predicted molar refractivity (Wildman–Crippen MR) is 76.9 cm³/mol. The van der Waals surface area contributed by atoms with Crippen molar-refractivity contribution < 1.29 is 14.5 Å². The highest BCUT2D eigenvalue weighted by molar-refractivity contribution is 5.79. The van der Waals surface area contributed by atoms with Gasteiger partial charge >= 0.3 is 11.7 Å². The van der Waals surface area contributed by atoms with Crippen molar-refractivity contribution in [1.82, 2.24) is 0 Å². The molecule has 21 heavy (non-hydrogen) atoms. The number of esters is 1. The third-order valence-corrected chi connectivity index (χ3v) is 2.87. The number of hydrogen-bond acceptors (Lipinski definition) is 5. The third kappa shape index (κ3) is 3.87. The normalized spacial score (nSPS) is 11.7. The van der Waals surface area contributed by atoms with Gasteiger partial charge in [-0.1, -0.05) is 42.5 Å². The Kier molecular flexibility index (Phi) is 4.63. The number of carbonyl (C=O) groups excluding carboxylic acids is 1. The van der Waals surface area contributed by atoms with E-state index in [1.165, 1.54) is 18.2 Å². The smallest absolute Gasteiger partial charge is 0.328 e. The van der Waals surface area contributed by atoms with Crippen molar-refractivity contribution in [2.45, 2.75) is 12.5 Å². The first kappa shape index (κ1) is 14.7. The second-order valence-electron chi connectivity index (χ2n) is 4.44. The highest BCUT2D eigenvalue weighted by atomic mass is 16.6. The highest BCUT2D eigenvalue weighted by Crippen LogP contribution is 2.26. The molecule has 2 N–H and O–H groups in total. The van der Waals surface area contributed by atoms with E-state index in [2.05, 4.69) is 0 Å². The van der Waals surface area contributed by atoms with Gasteiger partial charge in [0.15, 0.2) is 0 Å². The summed E-state index contributed by atoms with van der Waals surface area (Å²) in [5.41, 5.74) is 6.41. The number of carbonyl (C=O) groups is 1. The molecular formula is C15H14N2O4. The first-order valence-corrected chi connectivity index (χ1v) is 6.32. The Labute approximate surface area is 121 Å². The summed E-state index contributed by atoms with van der Waals surface area (Å²) in [6.07, 6.45) is 0.306. The number of hydrogen-bond donors (Lipinski definition) is 1. The van der Waals surface area contributed by atoms with E-state index < -0.39 is 16.9 Å². The van der Waals surface area contributed by atoms with Crippen LogP contribution in [0, 0.1) is 10.1 Å². The molecule has 2 aromatic carbocycles. The van der Waals surface area contributed by atoms with Gasteiger partial charge in [0.05, 0.1) is 4.92 Å². The van der Waals surface area contributed by atoms with E-state index in [9.17, 15) is 14.9 Å². The lowest BCUT2D eigenvalue weighted by Gasteiger charge is -2.11. The van der Waals surface area contributed by atoms with Crippen LogP contribution in [-0.2, 0) is 11.2 Å². The molecule has 0 heterocycles. The van der Waals surface area contributed by atoms with E-state index in [4.69, 9.17) is 10.5 Å². The van der Waals surface area contributed by atoms with E-state index in [0.717, 1.165) is 5.56 Å². The summed E-state index contributed by atoms with van der Waals surface area (Å²) in [4.78, 5) is 22.2. The lowest BCUT2D eigenvalue weighted by atomic mass is 10.1. The molecule has 2 rings (SSSR count). The molecule has 1 unspecified atom stereocenters. The lowest BCUT2D eigenvalue weighted by molar-refractivity contribution is -0.385. The zero-order valence-corrected chi connectivity index (χ0v) is 11.1. The molecule has 1 atom stereocenters. The first-order chi connectivity index (χ1) is 10.1. The molecule has 0 saturated carbocycles. The minimum Gasteiger partial charge on any atom is -0.418 e. The maximum absolute atomic E-state index is 11.9. The van der Waals surface area contributed by atoms with Gasteiger partial charge < -0.3 is 10.5 Å². The van der Waals surface area contributed by atoms with Gasteiger partial charge in [-0.25, -0.2) is 4.79 Å². The number of rotatable bonds is 5. The molecule has 0 radical (unpaired) electrons. The fraction of sp³-hybridized carbons (Fsp3) is 0.133. The summed E-state index contributed by atoms with van der Waals surface area (Å²) >= 11 is 0. The van der Waals surface area contributed by atoms with Gasteiger partial charge in [-0.2, -0.15) is 0 Å². The fourth-order valence-electron chi connectivity index (χ4n) is 1.83. The van der Waals surface area contributed by atoms with Crippen LogP contribution in [-0.4, -0.2) is 16.9 Å². The number of benzene rings is 2. The number of ether oxygens (including phenoxy) is 1. The second-order valence-corrected chi connectivity index (χ2v) is 4.44. The molecule has 0 aliphatic carbocycles. The third-order valence-electron chi connectivity index (χ3n) is 2.87. The Morgan fingerprint density at radius 3 is 2.43 bits per heavy atom. The Balaban J connectivity index is 2.06. The van der Waals surface area contributed by atoms with E-state index in [0.29, 0.717) is 6.42 Å². The number of nitro benzene ring substituents is 1. The highest BCUT2D eigenvalue weighted by Gasteiger charge is 2.21. The average molecular weight is 286 g/mol. The van der Waals surface area contributed by atoms with Crippen LogP contribution in [0.1, 0.15) is 5.56 Å². The first-order valence-electron chi connectivity index (χ1n) is 6.32. The van der Waals surface area contributed by atoms with E-state index in [1.807, 2.05) is 30.3 Å². The van der Waals surface area contributed by atoms with Gasteiger partial charge in [0, 0.05) is 6.07 Å². The topological polar surface area (TPSA) is 95.5 Å². The SMILES string of the molecule is NC(Cc1ccccc1)C(=O)Oc1ccccc1[N+](=O)[O-]. The summed E-state index contributed by atoms with van der Waals surface area (Å²) < 4.78 is 5.04. The van der Waals surface area contributed by atoms with Crippen LogP contribution in [0.25, 0.3) is 0 Å². The largest absolute Gasteiger partial charge is 0.418 e. The van der Waals surface area contributed by atoms with E-state index in [1.54, 1.807) is 6.07 Å². The van der Waals surface area contributed by atoms with Crippen molar-refractivity contribution in [3.8, 4) is 5.75 Å². The van der Waals surface area contributed by atoms with Gasteiger partial charge in [-0.3, -0.25) is 10.1 Å². The molecular weight excluding hydrogens is 272 g/mol. The Bertz CT molecular complexity index is 643. The Morgan fingerprint density at radius 2 is 1.76 bits per heavy atom. The fourth-order valence-corrected chi connectivity index (χ4v) is 1.83. The number of nitro groups is 1. The molecule has 6 heteroatoms. The van der Waals surface area contributed by atoms with Gasteiger partial charge in [0.1, 0.15) is 6.04 Å². The minimum atomic E-state index is -0.882. The zero-order valence-electron chi connectivity index (χ0n) is 11.1. The van der Waals surface area contributed by atoms with Crippen LogP contribution in [0.4, 0.5) is 5.69 Å². The van der Waals surface area contributed by atoms with Crippen molar-refractivity contribution in [3.05, 3.63) is 70.3 Å². The predicted octanol–water partition coefficient (Wildman–Crippen LogP) is 2.07. The lowest BCUT2D eigenvalue weighted by Crippen LogP contribution is -2.36. The summed E-state index contributed by atoms with van der Waals surface area (Å²) in [6, 6.07) is 14.0. The molecule has 0 aromatic heterocycles. The molecule has 0 spiro atoms. The second kappa shape index (κ2) is 6.62. The van der Waals surface area contributed by atoms with Crippen molar-refractivity contribution >= 4 is 11.7 Å². The molecule has 2 aromatic rings. The molecule has 0 aliphatic rings. The van der Waals surface area contributed by atoms with Crippen molar-refractivity contribution in [2.75, 3.05) is 0 Å². The Morgan fingerprint density at radius 1 is 1.14 bits per heavy atom. The van der Waals surface area contributed by atoms with Crippen LogP contribution in [0.15, 0.2) is 54.6 Å². The molecule has 0 aliphatic heterocycles. The van der Waals surface area contributed by atoms with Crippen LogP contribution in [0.5, 0.6) is 5.75 Å². The van der Waals surface area contributed by atoms with Crippen molar-refractivity contribution in [2.24, 2.45) is 5.73 Å². The maximum atomic E-state index is 11.9.